The molecule has 0 amide bonds. The van der Waals surface area contributed by atoms with Gasteiger partial charge in [-0.25, -0.2) is 4.68 Å². The molecule has 0 saturated heterocycles. The SMILES string of the molecule is CCOc1cccc(-c2noc(-c3nn(-c4cccc(OC)c4)ccc3=O)n2)c1. The smallest absolute Gasteiger partial charge is 0.282 e. The third-order valence-corrected chi connectivity index (χ3v) is 4.16. The van der Waals surface area contributed by atoms with E-state index in [-0.39, 0.29) is 17.0 Å². The molecule has 0 aliphatic heterocycles. The van der Waals surface area contributed by atoms with Gasteiger partial charge in [-0.05, 0) is 31.2 Å². The van der Waals surface area contributed by atoms with Crippen molar-refractivity contribution >= 4 is 0 Å². The molecule has 8 heteroatoms. The highest BCUT2D eigenvalue weighted by Crippen LogP contribution is 2.23. The van der Waals surface area contributed by atoms with Crippen LogP contribution in [0.15, 0.2) is 70.1 Å². The van der Waals surface area contributed by atoms with Crippen LogP contribution in [0.4, 0.5) is 0 Å². The lowest BCUT2D eigenvalue weighted by Crippen LogP contribution is -2.12. The van der Waals surface area contributed by atoms with Crippen LogP contribution in [0.1, 0.15) is 6.92 Å². The molecule has 0 bridgehead atoms. The highest BCUT2D eigenvalue weighted by atomic mass is 16.5. The molecule has 4 rings (SSSR count). The van der Waals surface area contributed by atoms with E-state index in [2.05, 4.69) is 15.2 Å². The first-order valence-corrected chi connectivity index (χ1v) is 8.99. The molecule has 0 N–H and O–H groups in total. The van der Waals surface area contributed by atoms with Gasteiger partial charge in [0.05, 0.1) is 19.4 Å². The Morgan fingerprint density at radius 2 is 1.90 bits per heavy atom. The lowest BCUT2D eigenvalue weighted by Gasteiger charge is -2.07. The predicted octanol–water partition coefficient (Wildman–Crippen LogP) is 3.36. The van der Waals surface area contributed by atoms with Gasteiger partial charge in [-0.1, -0.05) is 23.4 Å². The van der Waals surface area contributed by atoms with Gasteiger partial charge in [0, 0.05) is 23.9 Å². The molecular formula is C21H18N4O4. The Bertz CT molecular complexity index is 1200. The van der Waals surface area contributed by atoms with E-state index in [0.717, 1.165) is 11.3 Å². The molecule has 0 fully saturated rings. The molecule has 0 aliphatic carbocycles. The number of hydrogen-bond acceptors (Lipinski definition) is 7. The van der Waals surface area contributed by atoms with E-state index >= 15 is 0 Å². The summed E-state index contributed by atoms with van der Waals surface area (Å²) < 4.78 is 17.6. The van der Waals surface area contributed by atoms with Crippen LogP contribution >= 0.6 is 0 Å². The third-order valence-electron chi connectivity index (χ3n) is 4.16. The number of benzene rings is 2. The van der Waals surface area contributed by atoms with Crippen LogP contribution in [0.25, 0.3) is 28.7 Å². The van der Waals surface area contributed by atoms with Crippen molar-refractivity contribution in [2.24, 2.45) is 0 Å². The molecule has 2 aromatic heterocycles. The molecule has 146 valence electrons. The van der Waals surface area contributed by atoms with Crippen LogP contribution < -0.4 is 14.9 Å². The molecule has 0 atom stereocenters. The quantitative estimate of drug-likeness (QED) is 0.498. The van der Waals surface area contributed by atoms with Gasteiger partial charge >= 0.3 is 0 Å². The third kappa shape index (κ3) is 3.86. The molecule has 8 nitrogen and oxygen atoms in total. The van der Waals surface area contributed by atoms with Crippen molar-refractivity contribution in [1.82, 2.24) is 19.9 Å². The van der Waals surface area contributed by atoms with Gasteiger partial charge in [0.2, 0.25) is 11.3 Å². The number of methoxy groups -OCH3 is 1. The summed E-state index contributed by atoms with van der Waals surface area (Å²) in [4.78, 5) is 16.7. The fraction of sp³-hybridized carbons (Fsp3) is 0.143. The van der Waals surface area contributed by atoms with Crippen LogP contribution in [0, 0.1) is 0 Å². The molecular weight excluding hydrogens is 372 g/mol. The van der Waals surface area contributed by atoms with E-state index in [1.807, 2.05) is 49.4 Å². The van der Waals surface area contributed by atoms with Crippen molar-refractivity contribution in [3.63, 3.8) is 0 Å². The van der Waals surface area contributed by atoms with Crippen molar-refractivity contribution in [3.05, 3.63) is 71.0 Å². The van der Waals surface area contributed by atoms with Crippen LogP contribution in [-0.4, -0.2) is 33.6 Å². The van der Waals surface area contributed by atoms with E-state index in [1.165, 1.54) is 6.07 Å². The number of aromatic nitrogens is 4. The zero-order valence-corrected chi connectivity index (χ0v) is 15.9. The summed E-state index contributed by atoms with van der Waals surface area (Å²) in [5.41, 5.74) is 1.20. The van der Waals surface area contributed by atoms with Gasteiger partial charge in [0.25, 0.3) is 5.89 Å². The maximum atomic E-state index is 12.4. The van der Waals surface area contributed by atoms with Gasteiger partial charge in [-0.15, -0.1) is 0 Å². The summed E-state index contributed by atoms with van der Waals surface area (Å²) in [7, 11) is 1.59. The van der Waals surface area contributed by atoms with Gasteiger partial charge in [0.1, 0.15) is 11.5 Å². The Morgan fingerprint density at radius 3 is 2.72 bits per heavy atom. The Labute approximate surface area is 166 Å². The topological polar surface area (TPSA) is 92.3 Å². The van der Waals surface area contributed by atoms with Gasteiger partial charge in [-0.3, -0.25) is 4.79 Å². The zero-order valence-electron chi connectivity index (χ0n) is 15.9. The van der Waals surface area contributed by atoms with E-state index < -0.39 is 0 Å². The van der Waals surface area contributed by atoms with Crippen LogP contribution in [-0.2, 0) is 0 Å². The second-order valence-corrected chi connectivity index (χ2v) is 6.06. The van der Waals surface area contributed by atoms with Crippen molar-refractivity contribution in [2.45, 2.75) is 6.92 Å². The van der Waals surface area contributed by atoms with Crippen molar-refractivity contribution < 1.29 is 14.0 Å². The fourth-order valence-electron chi connectivity index (χ4n) is 2.78. The van der Waals surface area contributed by atoms with Gasteiger partial charge < -0.3 is 14.0 Å². The number of rotatable bonds is 6. The van der Waals surface area contributed by atoms with Gasteiger partial charge in [0.15, 0.2) is 5.69 Å². The molecule has 29 heavy (non-hydrogen) atoms. The predicted molar refractivity (Wildman–Crippen MR) is 106 cm³/mol. The van der Waals surface area contributed by atoms with Crippen molar-refractivity contribution in [1.29, 1.82) is 0 Å². The first kappa shape index (κ1) is 18.4. The summed E-state index contributed by atoms with van der Waals surface area (Å²) in [6.07, 6.45) is 1.57. The highest BCUT2D eigenvalue weighted by molar-refractivity contribution is 5.59. The average molecular weight is 390 g/mol. The Kier molecular flexibility index (Phi) is 5.07. The number of ether oxygens (including phenoxy) is 2. The fourth-order valence-corrected chi connectivity index (χ4v) is 2.78. The maximum absolute atomic E-state index is 12.4. The average Bonchev–Trinajstić information content (AvgIpc) is 3.25. The Hall–Kier alpha value is -3.94. The first-order valence-electron chi connectivity index (χ1n) is 8.99. The zero-order chi connectivity index (χ0) is 20.2. The summed E-state index contributed by atoms with van der Waals surface area (Å²) in [5.74, 6) is 1.77. The van der Waals surface area contributed by atoms with Gasteiger partial charge in [-0.2, -0.15) is 10.1 Å². The lowest BCUT2D eigenvalue weighted by atomic mass is 10.2. The summed E-state index contributed by atoms with van der Waals surface area (Å²) in [5, 5.41) is 8.35. The van der Waals surface area contributed by atoms with E-state index in [4.69, 9.17) is 14.0 Å². The van der Waals surface area contributed by atoms with Crippen LogP contribution in [0.3, 0.4) is 0 Å². The van der Waals surface area contributed by atoms with E-state index in [1.54, 1.807) is 24.1 Å². The van der Waals surface area contributed by atoms with E-state index in [9.17, 15) is 4.79 Å². The minimum atomic E-state index is -0.317. The minimum absolute atomic E-state index is 0.0454. The second-order valence-electron chi connectivity index (χ2n) is 6.06. The molecule has 0 saturated carbocycles. The highest BCUT2D eigenvalue weighted by Gasteiger charge is 2.16. The number of hydrogen-bond donors (Lipinski definition) is 0. The molecule has 0 aliphatic rings. The normalized spacial score (nSPS) is 10.7. The Balaban J connectivity index is 1.71. The number of nitrogens with zero attached hydrogens (tertiary/aromatic N) is 4. The molecule has 0 unspecified atom stereocenters. The standard InChI is InChI=1S/C21H18N4O4/c1-3-28-17-9-4-6-14(12-17)20-22-21(29-24-20)19-18(26)10-11-25(23-19)15-7-5-8-16(13-15)27-2/h4-13H,3H2,1-2H3. The lowest BCUT2D eigenvalue weighted by molar-refractivity contribution is 0.340. The van der Waals surface area contributed by atoms with Crippen molar-refractivity contribution in [3.8, 4) is 40.2 Å². The maximum Gasteiger partial charge on any atom is 0.282 e. The molecule has 2 aromatic carbocycles. The monoisotopic (exact) mass is 390 g/mol. The van der Waals surface area contributed by atoms with E-state index in [0.29, 0.717) is 23.9 Å². The summed E-state index contributed by atoms with van der Waals surface area (Å²) >= 11 is 0. The van der Waals surface area contributed by atoms with Crippen LogP contribution in [0.2, 0.25) is 0 Å². The molecule has 0 radical (unpaired) electrons. The minimum Gasteiger partial charge on any atom is -0.497 e. The summed E-state index contributed by atoms with van der Waals surface area (Å²) in [6, 6.07) is 16.1. The second kappa shape index (κ2) is 7.97. The largest absolute Gasteiger partial charge is 0.497 e. The van der Waals surface area contributed by atoms with Crippen molar-refractivity contribution in [2.75, 3.05) is 13.7 Å². The molecule has 4 aromatic rings. The summed E-state index contributed by atoms with van der Waals surface area (Å²) in [6.45, 7) is 2.46. The first-order chi connectivity index (χ1) is 14.2. The molecule has 2 heterocycles. The van der Waals surface area contributed by atoms with Crippen LogP contribution in [0.5, 0.6) is 11.5 Å². The molecule has 0 spiro atoms. The Morgan fingerprint density at radius 1 is 1.07 bits per heavy atom.